The predicted molar refractivity (Wildman–Crippen MR) is 74.5 cm³/mol. The van der Waals surface area contributed by atoms with Crippen LogP contribution in [-0.4, -0.2) is 25.4 Å². The number of benzene rings is 1. The van der Waals surface area contributed by atoms with Crippen LogP contribution in [0.5, 0.6) is 0 Å². The molecule has 1 rings (SSSR count). The first-order valence-corrected chi connectivity index (χ1v) is 6.34. The summed E-state index contributed by atoms with van der Waals surface area (Å²) in [5.41, 5.74) is 7.03. The van der Waals surface area contributed by atoms with E-state index in [9.17, 15) is 9.59 Å². The molecule has 19 heavy (non-hydrogen) atoms. The summed E-state index contributed by atoms with van der Waals surface area (Å²) in [6, 6.07) is 7.14. The van der Waals surface area contributed by atoms with E-state index >= 15 is 0 Å². The van der Waals surface area contributed by atoms with Gasteiger partial charge >= 0.3 is 0 Å². The Labute approximate surface area is 113 Å². The molecule has 0 spiro atoms. The van der Waals surface area contributed by atoms with Gasteiger partial charge < -0.3 is 16.4 Å². The van der Waals surface area contributed by atoms with Crippen molar-refractivity contribution in [2.75, 3.05) is 13.6 Å². The van der Waals surface area contributed by atoms with Crippen LogP contribution in [0.4, 0.5) is 0 Å². The highest BCUT2D eigenvalue weighted by Crippen LogP contribution is 2.05. The van der Waals surface area contributed by atoms with Crippen LogP contribution in [0, 0.1) is 5.92 Å². The van der Waals surface area contributed by atoms with Crippen molar-refractivity contribution in [1.82, 2.24) is 10.6 Å². The zero-order valence-electron chi connectivity index (χ0n) is 11.4. The average molecular weight is 263 g/mol. The summed E-state index contributed by atoms with van der Waals surface area (Å²) >= 11 is 0. The molecule has 0 aliphatic rings. The number of nitrogens with one attached hydrogen (secondary N) is 2. The molecular formula is C14H21N3O2. The second-order valence-electron chi connectivity index (χ2n) is 4.60. The van der Waals surface area contributed by atoms with Crippen LogP contribution in [0.1, 0.15) is 29.3 Å². The summed E-state index contributed by atoms with van der Waals surface area (Å²) in [6.45, 7) is 2.91. The smallest absolute Gasteiger partial charge is 0.251 e. The Bertz CT molecular complexity index is 429. The summed E-state index contributed by atoms with van der Waals surface area (Å²) < 4.78 is 0. The third-order valence-corrected chi connectivity index (χ3v) is 2.87. The fourth-order valence-electron chi connectivity index (χ4n) is 1.59. The maximum absolute atomic E-state index is 11.6. The van der Waals surface area contributed by atoms with E-state index in [0.29, 0.717) is 25.1 Å². The first-order chi connectivity index (χ1) is 9.06. The quantitative estimate of drug-likeness (QED) is 0.704. The first kappa shape index (κ1) is 15.2. The minimum Gasteiger partial charge on any atom is -0.355 e. The normalized spacial score (nSPS) is 11.7. The number of carbonyl (C=O) groups is 2. The zero-order chi connectivity index (χ0) is 14.3. The number of hydrogen-bond donors (Lipinski definition) is 3. The van der Waals surface area contributed by atoms with Crippen molar-refractivity contribution in [1.29, 1.82) is 0 Å². The molecule has 0 bridgehead atoms. The SMILES string of the molecule is CNC(=O)c1ccc(CNC(=O)CC(C)CN)cc1. The van der Waals surface area contributed by atoms with Crippen molar-refractivity contribution in [3.8, 4) is 0 Å². The van der Waals surface area contributed by atoms with E-state index < -0.39 is 0 Å². The topological polar surface area (TPSA) is 84.2 Å². The Hall–Kier alpha value is -1.88. The highest BCUT2D eigenvalue weighted by atomic mass is 16.2. The molecule has 0 radical (unpaired) electrons. The third kappa shape index (κ3) is 5.09. The molecule has 0 aromatic heterocycles. The zero-order valence-corrected chi connectivity index (χ0v) is 11.4. The summed E-state index contributed by atoms with van der Waals surface area (Å²) in [4.78, 5) is 22.9. The summed E-state index contributed by atoms with van der Waals surface area (Å²) in [5.74, 6) is 0.0660. The van der Waals surface area contributed by atoms with Gasteiger partial charge in [0.05, 0.1) is 0 Å². The number of amides is 2. The lowest BCUT2D eigenvalue weighted by atomic mass is 10.1. The van der Waals surface area contributed by atoms with Gasteiger partial charge in [0.25, 0.3) is 5.91 Å². The summed E-state index contributed by atoms with van der Waals surface area (Å²) in [5, 5.41) is 5.39. The fraction of sp³-hybridized carbons (Fsp3) is 0.429. The van der Waals surface area contributed by atoms with Crippen molar-refractivity contribution in [2.24, 2.45) is 11.7 Å². The van der Waals surface area contributed by atoms with E-state index in [1.807, 2.05) is 19.1 Å². The summed E-state index contributed by atoms with van der Waals surface area (Å²) in [7, 11) is 1.59. The molecule has 2 amide bonds. The van der Waals surface area contributed by atoms with Crippen LogP contribution in [0.3, 0.4) is 0 Å². The Morgan fingerprint density at radius 2 is 1.89 bits per heavy atom. The minimum atomic E-state index is -0.118. The van der Waals surface area contributed by atoms with Crippen LogP contribution in [0.15, 0.2) is 24.3 Å². The fourth-order valence-corrected chi connectivity index (χ4v) is 1.59. The largest absolute Gasteiger partial charge is 0.355 e. The number of hydrogen-bond acceptors (Lipinski definition) is 3. The van der Waals surface area contributed by atoms with E-state index in [1.165, 1.54) is 0 Å². The van der Waals surface area contributed by atoms with E-state index in [2.05, 4.69) is 10.6 Å². The molecule has 1 aromatic rings. The molecule has 0 saturated heterocycles. The van der Waals surface area contributed by atoms with Crippen LogP contribution in [0.25, 0.3) is 0 Å². The maximum Gasteiger partial charge on any atom is 0.251 e. The van der Waals surface area contributed by atoms with E-state index in [4.69, 9.17) is 5.73 Å². The van der Waals surface area contributed by atoms with Crippen molar-refractivity contribution in [2.45, 2.75) is 19.9 Å². The van der Waals surface area contributed by atoms with Crippen LogP contribution >= 0.6 is 0 Å². The van der Waals surface area contributed by atoms with Crippen LogP contribution < -0.4 is 16.4 Å². The molecular weight excluding hydrogens is 242 g/mol. The van der Waals surface area contributed by atoms with Crippen molar-refractivity contribution < 1.29 is 9.59 Å². The van der Waals surface area contributed by atoms with Crippen molar-refractivity contribution in [3.63, 3.8) is 0 Å². The lowest BCUT2D eigenvalue weighted by Gasteiger charge is -2.09. The Morgan fingerprint density at radius 1 is 1.26 bits per heavy atom. The van der Waals surface area contributed by atoms with E-state index in [-0.39, 0.29) is 17.7 Å². The van der Waals surface area contributed by atoms with Crippen LogP contribution in [0.2, 0.25) is 0 Å². The van der Waals surface area contributed by atoms with Gasteiger partial charge in [-0.2, -0.15) is 0 Å². The van der Waals surface area contributed by atoms with Gasteiger partial charge in [0.15, 0.2) is 0 Å². The predicted octanol–water partition coefficient (Wildman–Crippen LogP) is 0.647. The van der Waals surface area contributed by atoms with Gasteiger partial charge in [-0.05, 0) is 30.2 Å². The van der Waals surface area contributed by atoms with E-state index in [0.717, 1.165) is 5.56 Å². The Kier molecular flexibility index (Phi) is 6.02. The van der Waals surface area contributed by atoms with Gasteiger partial charge in [-0.3, -0.25) is 9.59 Å². The molecule has 104 valence electrons. The first-order valence-electron chi connectivity index (χ1n) is 6.34. The second kappa shape index (κ2) is 7.53. The minimum absolute atomic E-state index is 0.00618. The molecule has 0 heterocycles. The molecule has 1 unspecified atom stereocenters. The number of nitrogens with two attached hydrogens (primary N) is 1. The van der Waals surface area contributed by atoms with Gasteiger partial charge in [-0.1, -0.05) is 19.1 Å². The molecule has 5 nitrogen and oxygen atoms in total. The highest BCUT2D eigenvalue weighted by Gasteiger charge is 2.07. The monoisotopic (exact) mass is 263 g/mol. The van der Waals surface area contributed by atoms with Crippen molar-refractivity contribution in [3.05, 3.63) is 35.4 Å². The van der Waals surface area contributed by atoms with Gasteiger partial charge in [0.2, 0.25) is 5.91 Å². The van der Waals surface area contributed by atoms with Gasteiger partial charge in [-0.25, -0.2) is 0 Å². The van der Waals surface area contributed by atoms with Crippen LogP contribution in [-0.2, 0) is 11.3 Å². The number of carbonyl (C=O) groups excluding carboxylic acids is 2. The lowest BCUT2D eigenvalue weighted by Crippen LogP contribution is -2.26. The summed E-state index contributed by atoms with van der Waals surface area (Å²) in [6.07, 6.45) is 0.437. The molecule has 0 fully saturated rings. The molecule has 0 aliphatic carbocycles. The Morgan fingerprint density at radius 3 is 2.42 bits per heavy atom. The number of rotatable bonds is 6. The third-order valence-electron chi connectivity index (χ3n) is 2.87. The average Bonchev–Trinajstić information content (AvgIpc) is 2.44. The van der Waals surface area contributed by atoms with E-state index in [1.54, 1.807) is 19.2 Å². The molecule has 1 atom stereocenters. The molecule has 1 aromatic carbocycles. The Balaban J connectivity index is 2.46. The molecule has 4 N–H and O–H groups in total. The molecule has 5 heteroatoms. The molecule has 0 saturated carbocycles. The highest BCUT2D eigenvalue weighted by molar-refractivity contribution is 5.93. The standard InChI is InChI=1S/C14H21N3O2/c1-10(8-15)7-13(18)17-9-11-3-5-12(6-4-11)14(19)16-2/h3-6,10H,7-9,15H2,1-2H3,(H,16,19)(H,17,18). The van der Waals surface area contributed by atoms with Gasteiger partial charge in [0, 0.05) is 25.6 Å². The molecule has 0 aliphatic heterocycles. The lowest BCUT2D eigenvalue weighted by molar-refractivity contribution is -0.122. The van der Waals surface area contributed by atoms with Crippen molar-refractivity contribution >= 4 is 11.8 Å². The van der Waals surface area contributed by atoms with Gasteiger partial charge in [0.1, 0.15) is 0 Å². The second-order valence-corrected chi connectivity index (χ2v) is 4.60. The maximum atomic E-state index is 11.6. The van der Waals surface area contributed by atoms with Gasteiger partial charge in [-0.15, -0.1) is 0 Å².